The third kappa shape index (κ3) is 18.4. The van der Waals surface area contributed by atoms with Crippen molar-refractivity contribution in [3.63, 3.8) is 0 Å². The summed E-state index contributed by atoms with van der Waals surface area (Å²) < 4.78 is 0. The van der Waals surface area contributed by atoms with Gasteiger partial charge in [0.15, 0.2) is 0 Å². The second-order valence-electron chi connectivity index (χ2n) is 2.53. The highest BCUT2D eigenvalue weighted by Crippen LogP contribution is 1.80. The number of likely N-dealkylation sites (N-methyl/N-ethyl adjacent to an activating group) is 2. The molecule has 0 heterocycles. The standard InChI is InChI=1S/C6H14N2O.2C2H6/c1-7(2)5-6(9)8(3)4;2*1-2/h5H2,1-4H3;2*1-2H3. The fourth-order valence-electron chi connectivity index (χ4n) is 0.412. The Morgan fingerprint density at radius 1 is 0.923 bits per heavy atom. The molecule has 0 aliphatic rings. The molecular weight excluding hydrogens is 164 g/mol. The predicted molar refractivity (Wildman–Crippen MR) is 59.9 cm³/mol. The van der Waals surface area contributed by atoms with E-state index in [1.165, 1.54) is 0 Å². The number of hydrogen-bond donors (Lipinski definition) is 0. The Kier molecular flexibility index (Phi) is 19.6. The Labute approximate surface area is 83.7 Å². The number of rotatable bonds is 2. The molecule has 0 aromatic heterocycles. The molecule has 3 nitrogen and oxygen atoms in total. The molecule has 0 N–H and O–H groups in total. The molecule has 0 aromatic carbocycles. The summed E-state index contributed by atoms with van der Waals surface area (Å²) in [6, 6.07) is 0. The molecule has 3 heteroatoms. The first-order valence-corrected chi connectivity index (χ1v) is 4.89. The van der Waals surface area contributed by atoms with Gasteiger partial charge in [-0.3, -0.25) is 4.79 Å². The molecule has 1 amide bonds. The zero-order valence-electron chi connectivity index (χ0n) is 10.5. The van der Waals surface area contributed by atoms with Crippen molar-refractivity contribution in [1.82, 2.24) is 9.80 Å². The van der Waals surface area contributed by atoms with Gasteiger partial charge in [-0.25, -0.2) is 0 Å². The van der Waals surface area contributed by atoms with Crippen molar-refractivity contribution in [3.05, 3.63) is 0 Å². The molecule has 0 atom stereocenters. The molecule has 0 aliphatic carbocycles. The van der Waals surface area contributed by atoms with Crippen LogP contribution in [-0.2, 0) is 4.79 Å². The average molecular weight is 190 g/mol. The van der Waals surface area contributed by atoms with Gasteiger partial charge in [0, 0.05) is 14.1 Å². The Balaban J connectivity index is -0.000000218. The van der Waals surface area contributed by atoms with Gasteiger partial charge in [0.25, 0.3) is 0 Å². The van der Waals surface area contributed by atoms with E-state index in [0.29, 0.717) is 6.54 Å². The summed E-state index contributed by atoms with van der Waals surface area (Å²) in [5, 5.41) is 0. The van der Waals surface area contributed by atoms with Crippen molar-refractivity contribution in [3.8, 4) is 0 Å². The van der Waals surface area contributed by atoms with Gasteiger partial charge < -0.3 is 9.80 Å². The van der Waals surface area contributed by atoms with Crippen LogP contribution < -0.4 is 0 Å². The minimum absolute atomic E-state index is 0.139. The van der Waals surface area contributed by atoms with Gasteiger partial charge in [-0.1, -0.05) is 27.7 Å². The summed E-state index contributed by atoms with van der Waals surface area (Å²) in [4.78, 5) is 14.3. The fourth-order valence-corrected chi connectivity index (χ4v) is 0.412. The van der Waals surface area contributed by atoms with E-state index in [-0.39, 0.29) is 5.91 Å². The average Bonchev–Trinajstić information content (AvgIpc) is 2.10. The number of amides is 1. The van der Waals surface area contributed by atoms with Gasteiger partial charge in [-0.2, -0.15) is 0 Å². The van der Waals surface area contributed by atoms with Crippen molar-refractivity contribution in [2.24, 2.45) is 0 Å². The molecule has 0 saturated heterocycles. The highest BCUT2D eigenvalue weighted by molar-refractivity contribution is 5.77. The van der Waals surface area contributed by atoms with Crippen molar-refractivity contribution >= 4 is 5.91 Å². The molecule has 0 fully saturated rings. The first-order valence-electron chi connectivity index (χ1n) is 4.89. The zero-order chi connectivity index (χ0) is 11.4. The second kappa shape index (κ2) is 14.0. The maximum Gasteiger partial charge on any atom is 0.236 e. The highest BCUT2D eigenvalue weighted by atomic mass is 16.2. The summed E-state index contributed by atoms with van der Waals surface area (Å²) in [7, 11) is 7.26. The fraction of sp³-hybridized carbons (Fsp3) is 0.900. The van der Waals surface area contributed by atoms with Crippen molar-refractivity contribution < 1.29 is 4.79 Å². The van der Waals surface area contributed by atoms with E-state index in [1.54, 1.807) is 19.0 Å². The lowest BCUT2D eigenvalue weighted by atomic mass is 10.5. The van der Waals surface area contributed by atoms with Crippen LogP contribution in [0.2, 0.25) is 0 Å². The summed E-state index contributed by atoms with van der Waals surface area (Å²) in [5.41, 5.74) is 0. The van der Waals surface area contributed by atoms with Crippen molar-refractivity contribution in [1.29, 1.82) is 0 Å². The van der Waals surface area contributed by atoms with Gasteiger partial charge in [0.2, 0.25) is 5.91 Å². The summed E-state index contributed by atoms with van der Waals surface area (Å²) in [6.45, 7) is 8.49. The van der Waals surface area contributed by atoms with Crippen LogP contribution in [-0.4, -0.2) is 50.4 Å². The lowest BCUT2D eigenvalue weighted by molar-refractivity contribution is -0.129. The van der Waals surface area contributed by atoms with E-state index in [1.807, 2.05) is 46.7 Å². The minimum Gasteiger partial charge on any atom is -0.348 e. The topological polar surface area (TPSA) is 23.6 Å². The monoisotopic (exact) mass is 190 g/mol. The molecule has 0 rings (SSSR count). The maximum absolute atomic E-state index is 10.8. The van der Waals surface area contributed by atoms with E-state index < -0.39 is 0 Å². The molecule has 0 radical (unpaired) electrons. The first-order chi connectivity index (χ1) is 6.04. The largest absolute Gasteiger partial charge is 0.348 e. The third-order valence-electron chi connectivity index (χ3n) is 0.950. The van der Waals surface area contributed by atoms with Crippen LogP contribution in [0.25, 0.3) is 0 Å². The normalized spacial score (nSPS) is 7.77. The van der Waals surface area contributed by atoms with E-state index in [0.717, 1.165) is 0 Å². The quantitative estimate of drug-likeness (QED) is 0.661. The Bertz CT molecular complexity index is 101. The van der Waals surface area contributed by atoms with E-state index in [9.17, 15) is 4.79 Å². The summed E-state index contributed by atoms with van der Waals surface area (Å²) in [6.07, 6.45) is 0. The van der Waals surface area contributed by atoms with Crippen LogP contribution in [0.4, 0.5) is 0 Å². The van der Waals surface area contributed by atoms with Gasteiger partial charge in [0.05, 0.1) is 6.54 Å². The van der Waals surface area contributed by atoms with Crippen LogP contribution in [0.1, 0.15) is 27.7 Å². The zero-order valence-corrected chi connectivity index (χ0v) is 10.5. The predicted octanol–water partition coefficient (Wildman–Crippen LogP) is 1.69. The van der Waals surface area contributed by atoms with E-state index in [2.05, 4.69) is 0 Å². The van der Waals surface area contributed by atoms with Gasteiger partial charge in [-0.05, 0) is 14.1 Å². The Morgan fingerprint density at radius 3 is 1.31 bits per heavy atom. The van der Waals surface area contributed by atoms with Crippen LogP contribution in [0, 0.1) is 0 Å². The molecule has 0 saturated carbocycles. The van der Waals surface area contributed by atoms with Gasteiger partial charge >= 0.3 is 0 Å². The SMILES string of the molecule is CC.CC.CN(C)CC(=O)N(C)C. The maximum atomic E-state index is 10.8. The molecule has 82 valence electrons. The second-order valence-corrected chi connectivity index (χ2v) is 2.53. The molecule has 0 aliphatic heterocycles. The van der Waals surface area contributed by atoms with Crippen molar-refractivity contribution in [2.45, 2.75) is 27.7 Å². The van der Waals surface area contributed by atoms with Crippen LogP contribution in [0.5, 0.6) is 0 Å². The molecule has 13 heavy (non-hydrogen) atoms. The smallest absolute Gasteiger partial charge is 0.236 e. The first kappa shape index (κ1) is 18.3. The molecule has 0 aromatic rings. The third-order valence-corrected chi connectivity index (χ3v) is 0.950. The number of carbonyl (C=O) groups is 1. The lowest BCUT2D eigenvalue weighted by Crippen LogP contribution is -2.32. The number of hydrogen-bond acceptors (Lipinski definition) is 2. The lowest BCUT2D eigenvalue weighted by Gasteiger charge is -2.13. The van der Waals surface area contributed by atoms with E-state index >= 15 is 0 Å². The van der Waals surface area contributed by atoms with Gasteiger partial charge in [0.1, 0.15) is 0 Å². The van der Waals surface area contributed by atoms with Crippen molar-refractivity contribution in [2.75, 3.05) is 34.7 Å². The number of nitrogens with zero attached hydrogens (tertiary/aromatic N) is 2. The molecular formula is C10H26N2O. The van der Waals surface area contributed by atoms with E-state index in [4.69, 9.17) is 0 Å². The highest BCUT2D eigenvalue weighted by Gasteiger charge is 2.02. The molecule has 0 bridgehead atoms. The van der Waals surface area contributed by atoms with Crippen LogP contribution >= 0.6 is 0 Å². The van der Waals surface area contributed by atoms with Gasteiger partial charge in [-0.15, -0.1) is 0 Å². The molecule has 0 spiro atoms. The summed E-state index contributed by atoms with van der Waals surface area (Å²) in [5.74, 6) is 0.139. The van der Waals surface area contributed by atoms with Crippen LogP contribution in [0.15, 0.2) is 0 Å². The summed E-state index contributed by atoms with van der Waals surface area (Å²) >= 11 is 0. The van der Waals surface area contributed by atoms with Crippen LogP contribution in [0.3, 0.4) is 0 Å². The molecule has 0 unspecified atom stereocenters. The Hall–Kier alpha value is -0.570. The Morgan fingerprint density at radius 2 is 1.23 bits per heavy atom. The minimum atomic E-state index is 0.139. The number of carbonyl (C=O) groups excluding carboxylic acids is 1.